The number of nitrogens with zero attached hydrogens (tertiary/aromatic N) is 2. The van der Waals surface area contributed by atoms with Crippen molar-refractivity contribution in [2.75, 3.05) is 7.05 Å². The van der Waals surface area contributed by atoms with Crippen molar-refractivity contribution >= 4 is 29.5 Å². The van der Waals surface area contributed by atoms with Crippen LogP contribution in [0.1, 0.15) is 22.9 Å². The third kappa shape index (κ3) is 4.26. The molecule has 2 aromatic rings. The Morgan fingerprint density at radius 1 is 1.31 bits per heavy atom. The summed E-state index contributed by atoms with van der Waals surface area (Å²) in [5, 5.41) is 9.29. The molecule has 0 bridgehead atoms. The first-order chi connectivity index (χ1) is 12.2. The molecule has 1 heterocycles. The number of hydrogen-bond donors (Lipinski definition) is 2. The molecule has 0 radical (unpaired) electrons. The van der Waals surface area contributed by atoms with Crippen LogP contribution in [0.4, 0.5) is 8.78 Å². The van der Waals surface area contributed by atoms with Gasteiger partial charge in [-0.05, 0) is 30.7 Å². The second kappa shape index (κ2) is 8.09. The second-order valence-corrected chi connectivity index (χ2v) is 5.83. The van der Waals surface area contributed by atoms with Crippen LogP contribution < -0.4 is 10.6 Å². The van der Waals surface area contributed by atoms with Gasteiger partial charge < -0.3 is 10.6 Å². The van der Waals surface area contributed by atoms with E-state index in [9.17, 15) is 18.4 Å². The monoisotopic (exact) mass is 382 g/mol. The van der Waals surface area contributed by atoms with Gasteiger partial charge in [0.05, 0.1) is 5.69 Å². The summed E-state index contributed by atoms with van der Waals surface area (Å²) in [5.74, 6) is -3.34. The first kappa shape index (κ1) is 19.6. The SMILES string of the molecule is CNC(=O)C(NC(=O)C=Cc1c(C)nn(C)c1Cl)c1ccc(F)c(F)c1. The maximum atomic E-state index is 13.4. The number of hydrogen-bond acceptors (Lipinski definition) is 3. The summed E-state index contributed by atoms with van der Waals surface area (Å²) in [6.45, 7) is 1.73. The molecule has 0 aliphatic heterocycles. The van der Waals surface area contributed by atoms with Crippen molar-refractivity contribution in [2.24, 2.45) is 7.05 Å². The molecule has 1 atom stereocenters. The Morgan fingerprint density at radius 3 is 2.54 bits per heavy atom. The average Bonchev–Trinajstić information content (AvgIpc) is 2.85. The Labute approximate surface area is 153 Å². The summed E-state index contributed by atoms with van der Waals surface area (Å²) < 4.78 is 28.0. The van der Waals surface area contributed by atoms with E-state index in [0.29, 0.717) is 16.4 Å². The van der Waals surface area contributed by atoms with Crippen LogP contribution in [0.3, 0.4) is 0 Å². The molecule has 2 N–H and O–H groups in total. The average molecular weight is 383 g/mol. The van der Waals surface area contributed by atoms with Crippen molar-refractivity contribution in [3.05, 3.63) is 57.9 Å². The van der Waals surface area contributed by atoms with Crippen LogP contribution >= 0.6 is 11.6 Å². The quantitative estimate of drug-likeness (QED) is 0.779. The molecule has 0 saturated carbocycles. The number of benzene rings is 1. The lowest BCUT2D eigenvalue weighted by Crippen LogP contribution is -2.38. The van der Waals surface area contributed by atoms with Crippen molar-refractivity contribution < 1.29 is 18.4 Å². The molecule has 26 heavy (non-hydrogen) atoms. The van der Waals surface area contributed by atoms with E-state index >= 15 is 0 Å². The van der Waals surface area contributed by atoms with Crippen molar-refractivity contribution in [1.82, 2.24) is 20.4 Å². The molecule has 9 heteroatoms. The minimum absolute atomic E-state index is 0.112. The Morgan fingerprint density at radius 2 is 2.00 bits per heavy atom. The minimum Gasteiger partial charge on any atom is -0.357 e. The zero-order chi connectivity index (χ0) is 19.4. The number of carbonyl (C=O) groups excluding carboxylic acids is 2. The van der Waals surface area contributed by atoms with Crippen LogP contribution in [0, 0.1) is 18.6 Å². The van der Waals surface area contributed by atoms with Gasteiger partial charge in [0.25, 0.3) is 0 Å². The zero-order valence-electron chi connectivity index (χ0n) is 14.3. The van der Waals surface area contributed by atoms with Gasteiger partial charge in [-0.3, -0.25) is 14.3 Å². The maximum absolute atomic E-state index is 13.4. The fourth-order valence-electron chi connectivity index (χ4n) is 2.32. The largest absolute Gasteiger partial charge is 0.357 e. The van der Waals surface area contributed by atoms with Crippen molar-refractivity contribution in [1.29, 1.82) is 0 Å². The van der Waals surface area contributed by atoms with Gasteiger partial charge in [-0.1, -0.05) is 17.7 Å². The number of nitrogens with one attached hydrogen (secondary N) is 2. The molecule has 0 aliphatic rings. The number of aromatic nitrogens is 2. The minimum atomic E-state index is -1.18. The van der Waals surface area contributed by atoms with Gasteiger partial charge in [0.1, 0.15) is 11.2 Å². The number of rotatable bonds is 5. The van der Waals surface area contributed by atoms with Gasteiger partial charge in [-0.15, -0.1) is 0 Å². The maximum Gasteiger partial charge on any atom is 0.246 e. The van der Waals surface area contributed by atoms with Crippen molar-refractivity contribution in [2.45, 2.75) is 13.0 Å². The van der Waals surface area contributed by atoms with Gasteiger partial charge in [-0.25, -0.2) is 8.78 Å². The summed E-state index contributed by atoms with van der Waals surface area (Å²) >= 11 is 6.08. The lowest BCUT2D eigenvalue weighted by Gasteiger charge is -2.17. The van der Waals surface area contributed by atoms with E-state index in [2.05, 4.69) is 15.7 Å². The first-order valence-corrected chi connectivity index (χ1v) is 7.96. The van der Waals surface area contributed by atoms with E-state index < -0.39 is 29.5 Å². The molecule has 0 saturated heterocycles. The molecule has 0 spiro atoms. The predicted molar refractivity (Wildman–Crippen MR) is 93.3 cm³/mol. The number of aryl methyl sites for hydroxylation is 2. The number of amides is 2. The Kier molecular flexibility index (Phi) is 6.10. The second-order valence-electron chi connectivity index (χ2n) is 5.48. The van der Waals surface area contributed by atoms with Crippen LogP contribution in [-0.4, -0.2) is 28.6 Å². The van der Waals surface area contributed by atoms with Crippen LogP contribution in [0.2, 0.25) is 5.15 Å². The van der Waals surface area contributed by atoms with E-state index in [1.165, 1.54) is 29.9 Å². The number of likely N-dealkylation sites (N-methyl/N-ethyl adjacent to an activating group) is 1. The zero-order valence-corrected chi connectivity index (χ0v) is 15.1. The Bertz CT molecular complexity index is 880. The smallest absolute Gasteiger partial charge is 0.246 e. The highest BCUT2D eigenvalue weighted by molar-refractivity contribution is 6.31. The summed E-state index contributed by atoms with van der Waals surface area (Å²) in [7, 11) is 3.04. The Hall–Kier alpha value is -2.74. The molecule has 2 rings (SSSR count). The number of halogens is 3. The molecule has 1 unspecified atom stereocenters. The highest BCUT2D eigenvalue weighted by atomic mass is 35.5. The van der Waals surface area contributed by atoms with Crippen LogP contribution in [0.15, 0.2) is 24.3 Å². The van der Waals surface area contributed by atoms with Gasteiger partial charge in [0.15, 0.2) is 11.6 Å². The van der Waals surface area contributed by atoms with Gasteiger partial charge in [0.2, 0.25) is 11.8 Å². The third-order valence-corrected chi connectivity index (χ3v) is 4.12. The fourth-order valence-corrected chi connectivity index (χ4v) is 2.56. The molecule has 138 valence electrons. The number of carbonyl (C=O) groups is 2. The first-order valence-electron chi connectivity index (χ1n) is 7.58. The predicted octanol–water partition coefficient (Wildman–Crippen LogP) is 2.28. The lowest BCUT2D eigenvalue weighted by molar-refractivity contribution is -0.126. The highest BCUT2D eigenvalue weighted by Crippen LogP contribution is 2.20. The molecule has 1 aromatic carbocycles. The van der Waals surface area contributed by atoms with Crippen molar-refractivity contribution in [3.8, 4) is 0 Å². The van der Waals surface area contributed by atoms with E-state index in [4.69, 9.17) is 11.6 Å². The van der Waals surface area contributed by atoms with Gasteiger partial charge in [-0.2, -0.15) is 5.10 Å². The van der Waals surface area contributed by atoms with E-state index in [0.717, 1.165) is 12.1 Å². The molecular weight excluding hydrogens is 366 g/mol. The van der Waals surface area contributed by atoms with Crippen LogP contribution in [0.5, 0.6) is 0 Å². The molecule has 2 amide bonds. The van der Waals surface area contributed by atoms with E-state index in [-0.39, 0.29) is 5.56 Å². The fraction of sp³-hybridized carbons (Fsp3) is 0.235. The van der Waals surface area contributed by atoms with E-state index in [1.54, 1.807) is 14.0 Å². The molecular formula is C17H17ClF2N4O2. The topological polar surface area (TPSA) is 76.0 Å². The van der Waals surface area contributed by atoms with Crippen LogP contribution in [-0.2, 0) is 16.6 Å². The van der Waals surface area contributed by atoms with E-state index in [1.807, 2.05) is 0 Å². The van der Waals surface area contributed by atoms with Gasteiger partial charge >= 0.3 is 0 Å². The molecule has 1 aromatic heterocycles. The van der Waals surface area contributed by atoms with Crippen LogP contribution in [0.25, 0.3) is 6.08 Å². The lowest BCUT2D eigenvalue weighted by atomic mass is 10.1. The summed E-state index contributed by atoms with van der Waals surface area (Å²) in [6.07, 6.45) is 2.65. The van der Waals surface area contributed by atoms with Crippen molar-refractivity contribution in [3.63, 3.8) is 0 Å². The molecule has 6 nitrogen and oxygen atoms in total. The van der Waals surface area contributed by atoms with Gasteiger partial charge in [0, 0.05) is 25.7 Å². The molecule has 0 fully saturated rings. The summed E-state index contributed by atoms with van der Waals surface area (Å²) in [5.41, 5.74) is 1.30. The molecule has 0 aliphatic carbocycles. The summed E-state index contributed by atoms with van der Waals surface area (Å²) in [6, 6.07) is 1.80. The highest BCUT2D eigenvalue weighted by Gasteiger charge is 2.22. The summed E-state index contributed by atoms with van der Waals surface area (Å²) in [4.78, 5) is 24.2. The normalized spacial score (nSPS) is 12.2. The third-order valence-electron chi connectivity index (χ3n) is 3.67. The Balaban J connectivity index is 2.22. The standard InChI is InChI=1S/C17H17ClF2N4O2/c1-9-11(16(18)24(3)23-9)5-7-14(25)22-15(17(26)21-2)10-4-6-12(19)13(20)8-10/h4-8,15H,1-3H3,(H,21,26)(H,22,25).